The molecule has 0 bridgehead atoms. The van der Waals surface area contributed by atoms with Crippen molar-refractivity contribution in [2.75, 3.05) is 13.1 Å². The number of likely N-dealkylation sites (tertiary alicyclic amines) is 1. The van der Waals surface area contributed by atoms with E-state index in [0.717, 1.165) is 18.3 Å². The predicted molar refractivity (Wildman–Crippen MR) is 80.4 cm³/mol. The fourth-order valence-electron chi connectivity index (χ4n) is 2.98. The Morgan fingerprint density at radius 2 is 1.89 bits per heavy atom. The molecule has 1 aliphatic rings. The van der Waals surface area contributed by atoms with E-state index in [4.69, 9.17) is 0 Å². The lowest BCUT2D eigenvalue weighted by Gasteiger charge is -2.25. The molecule has 1 fully saturated rings. The summed E-state index contributed by atoms with van der Waals surface area (Å²) in [5, 5.41) is 9.28. The van der Waals surface area contributed by atoms with Crippen molar-refractivity contribution in [2.24, 2.45) is 11.8 Å². The summed E-state index contributed by atoms with van der Waals surface area (Å²) in [6.07, 6.45) is 3.67. The standard InChI is InChI=1S/C17H27NO/c1-13(2)16-10-11-18(12-16)14(3)4-5-15-6-8-17(19)9-7-15/h6-9,13-14,16,19H,4-5,10-12H2,1-3H3. The first kappa shape index (κ1) is 14.4. The molecule has 1 aliphatic heterocycles. The summed E-state index contributed by atoms with van der Waals surface area (Å²) in [6.45, 7) is 9.57. The molecular formula is C17H27NO. The van der Waals surface area contributed by atoms with E-state index in [1.54, 1.807) is 12.1 Å². The summed E-state index contributed by atoms with van der Waals surface area (Å²) in [4.78, 5) is 2.64. The first-order valence-electron chi connectivity index (χ1n) is 7.58. The van der Waals surface area contributed by atoms with Crippen LogP contribution in [0.3, 0.4) is 0 Å². The molecule has 0 aliphatic carbocycles. The van der Waals surface area contributed by atoms with Crippen molar-refractivity contribution >= 4 is 0 Å². The maximum Gasteiger partial charge on any atom is 0.115 e. The molecule has 1 aromatic rings. The number of nitrogens with zero attached hydrogens (tertiary/aromatic N) is 1. The SMILES string of the molecule is CC(C)C1CCN(C(C)CCc2ccc(O)cc2)C1. The number of rotatable bonds is 5. The number of aromatic hydroxyl groups is 1. The second-order valence-corrected chi connectivity index (χ2v) is 6.34. The van der Waals surface area contributed by atoms with Gasteiger partial charge in [0.05, 0.1) is 0 Å². The first-order valence-corrected chi connectivity index (χ1v) is 7.58. The Labute approximate surface area is 117 Å². The van der Waals surface area contributed by atoms with Crippen molar-refractivity contribution in [1.82, 2.24) is 4.90 Å². The van der Waals surface area contributed by atoms with Gasteiger partial charge in [0.1, 0.15) is 5.75 Å². The van der Waals surface area contributed by atoms with Gasteiger partial charge in [0.15, 0.2) is 0 Å². The molecule has 1 aromatic carbocycles. The van der Waals surface area contributed by atoms with Gasteiger partial charge in [-0.25, -0.2) is 0 Å². The van der Waals surface area contributed by atoms with Gasteiger partial charge in [-0.3, -0.25) is 0 Å². The molecular weight excluding hydrogens is 234 g/mol. The van der Waals surface area contributed by atoms with E-state index < -0.39 is 0 Å². The second-order valence-electron chi connectivity index (χ2n) is 6.34. The van der Waals surface area contributed by atoms with E-state index in [2.05, 4.69) is 25.7 Å². The van der Waals surface area contributed by atoms with E-state index >= 15 is 0 Å². The first-order chi connectivity index (χ1) is 9.06. The average molecular weight is 261 g/mol. The van der Waals surface area contributed by atoms with Crippen molar-refractivity contribution in [3.8, 4) is 5.75 Å². The van der Waals surface area contributed by atoms with Crippen molar-refractivity contribution in [3.05, 3.63) is 29.8 Å². The summed E-state index contributed by atoms with van der Waals surface area (Å²) in [5.74, 6) is 2.06. The summed E-state index contributed by atoms with van der Waals surface area (Å²) >= 11 is 0. The molecule has 0 radical (unpaired) electrons. The third-order valence-electron chi connectivity index (χ3n) is 4.61. The quantitative estimate of drug-likeness (QED) is 0.873. The number of benzene rings is 1. The highest BCUT2D eigenvalue weighted by molar-refractivity contribution is 5.25. The largest absolute Gasteiger partial charge is 0.508 e. The number of aryl methyl sites for hydroxylation is 1. The van der Waals surface area contributed by atoms with Crippen LogP contribution in [0.4, 0.5) is 0 Å². The Bertz CT molecular complexity index is 385. The smallest absolute Gasteiger partial charge is 0.115 e. The summed E-state index contributed by atoms with van der Waals surface area (Å²) in [7, 11) is 0. The van der Waals surface area contributed by atoms with E-state index in [9.17, 15) is 5.11 Å². The third kappa shape index (κ3) is 3.97. The highest BCUT2D eigenvalue weighted by atomic mass is 16.3. The Hall–Kier alpha value is -1.02. The highest BCUT2D eigenvalue weighted by Crippen LogP contribution is 2.26. The maximum atomic E-state index is 9.28. The third-order valence-corrected chi connectivity index (χ3v) is 4.61. The molecule has 19 heavy (non-hydrogen) atoms. The van der Waals surface area contributed by atoms with Crippen LogP contribution in [0.2, 0.25) is 0 Å². The minimum Gasteiger partial charge on any atom is -0.508 e. The van der Waals surface area contributed by atoms with Gasteiger partial charge in [0, 0.05) is 12.6 Å². The van der Waals surface area contributed by atoms with Crippen LogP contribution in [0.5, 0.6) is 5.75 Å². The van der Waals surface area contributed by atoms with Gasteiger partial charge in [0.25, 0.3) is 0 Å². The molecule has 106 valence electrons. The normalized spacial score (nSPS) is 22.0. The van der Waals surface area contributed by atoms with Gasteiger partial charge in [-0.1, -0.05) is 26.0 Å². The van der Waals surface area contributed by atoms with Crippen molar-refractivity contribution < 1.29 is 5.11 Å². The number of phenolic OH excluding ortho intramolecular Hbond substituents is 1. The molecule has 1 heterocycles. The number of hydrogen-bond donors (Lipinski definition) is 1. The highest BCUT2D eigenvalue weighted by Gasteiger charge is 2.27. The fraction of sp³-hybridized carbons (Fsp3) is 0.647. The van der Waals surface area contributed by atoms with Crippen molar-refractivity contribution in [3.63, 3.8) is 0 Å². The fourth-order valence-corrected chi connectivity index (χ4v) is 2.98. The van der Waals surface area contributed by atoms with Crippen LogP contribution in [-0.2, 0) is 6.42 Å². The van der Waals surface area contributed by atoms with Crippen LogP contribution in [0, 0.1) is 11.8 Å². The van der Waals surface area contributed by atoms with Crippen LogP contribution < -0.4 is 0 Å². The average Bonchev–Trinajstić information content (AvgIpc) is 2.87. The Morgan fingerprint density at radius 3 is 2.47 bits per heavy atom. The monoisotopic (exact) mass is 261 g/mol. The van der Waals surface area contributed by atoms with Gasteiger partial charge in [-0.2, -0.15) is 0 Å². The van der Waals surface area contributed by atoms with Gasteiger partial charge in [-0.05, 0) is 62.3 Å². The molecule has 2 unspecified atom stereocenters. The van der Waals surface area contributed by atoms with E-state index in [1.165, 1.54) is 31.5 Å². The zero-order valence-electron chi connectivity index (χ0n) is 12.5. The zero-order valence-corrected chi connectivity index (χ0v) is 12.5. The zero-order chi connectivity index (χ0) is 13.8. The molecule has 2 heteroatoms. The molecule has 0 saturated carbocycles. The minimum absolute atomic E-state index is 0.358. The lowest BCUT2D eigenvalue weighted by Crippen LogP contribution is -2.31. The molecule has 2 atom stereocenters. The molecule has 1 N–H and O–H groups in total. The Kier molecular flexibility index (Phi) is 4.87. The van der Waals surface area contributed by atoms with E-state index in [0.29, 0.717) is 11.8 Å². The van der Waals surface area contributed by atoms with E-state index in [1.807, 2.05) is 12.1 Å². The summed E-state index contributed by atoms with van der Waals surface area (Å²) in [6, 6.07) is 8.29. The summed E-state index contributed by atoms with van der Waals surface area (Å²) in [5.41, 5.74) is 1.32. The predicted octanol–water partition coefficient (Wildman–Crippen LogP) is 3.69. The lowest BCUT2D eigenvalue weighted by atomic mass is 9.95. The molecule has 0 amide bonds. The van der Waals surface area contributed by atoms with Crippen molar-refractivity contribution in [2.45, 2.75) is 46.1 Å². The van der Waals surface area contributed by atoms with E-state index in [-0.39, 0.29) is 0 Å². The van der Waals surface area contributed by atoms with Crippen LogP contribution in [0.15, 0.2) is 24.3 Å². The number of phenols is 1. The van der Waals surface area contributed by atoms with Gasteiger partial charge >= 0.3 is 0 Å². The molecule has 1 saturated heterocycles. The van der Waals surface area contributed by atoms with Crippen LogP contribution in [-0.4, -0.2) is 29.1 Å². The minimum atomic E-state index is 0.358. The van der Waals surface area contributed by atoms with Crippen molar-refractivity contribution in [1.29, 1.82) is 0 Å². The lowest BCUT2D eigenvalue weighted by molar-refractivity contribution is 0.229. The van der Waals surface area contributed by atoms with Gasteiger partial charge in [-0.15, -0.1) is 0 Å². The maximum absolute atomic E-state index is 9.28. The van der Waals surface area contributed by atoms with Gasteiger partial charge in [0.2, 0.25) is 0 Å². The Balaban J connectivity index is 1.78. The molecule has 2 nitrogen and oxygen atoms in total. The molecule has 2 rings (SSSR count). The second kappa shape index (κ2) is 6.42. The number of hydrogen-bond acceptors (Lipinski definition) is 2. The van der Waals surface area contributed by atoms with Crippen LogP contribution in [0.1, 0.15) is 39.2 Å². The van der Waals surface area contributed by atoms with Crippen LogP contribution in [0.25, 0.3) is 0 Å². The topological polar surface area (TPSA) is 23.5 Å². The van der Waals surface area contributed by atoms with Gasteiger partial charge < -0.3 is 10.0 Å². The molecule has 0 aromatic heterocycles. The van der Waals surface area contributed by atoms with Crippen LogP contribution >= 0.6 is 0 Å². The Morgan fingerprint density at radius 1 is 1.21 bits per heavy atom. The summed E-state index contributed by atoms with van der Waals surface area (Å²) < 4.78 is 0. The molecule has 0 spiro atoms.